The number of hydrogen-bond acceptors (Lipinski definition) is 7. The summed E-state index contributed by atoms with van der Waals surface area (Å²) in [5, 5.41) is 11.4. The fourth-order valence-corrected chi connectivity index (χ4v) is 4.89. The molecule has 2 aromatic rings. The molecule has 0 radical (unpaired) electrons. The molecule has 8 heteroatoms. The van der Waals surface area contributed by atoms with E-state index in [0.717, 1.165) is 43.8 Å². The van der Waals surface area contributed by atoms with Gasteiger partial charge in [0.05, 0.1) is 18.2 Å². The minimum Gasteiger partial charge on any atom is -0.507 e. The zero-order valence-electron chi connectivity index (χ0n) is 22.6. The number of ketones is 1. The van der Waals surface area contributed by atoms with Crippen molar-refractivity contribution in [3.8, 4) is 17.2 Å². The fourth-order valence-electron chi connectivity index (χ4n) is 4.89. The van der Waals surface area contributed by atoms with Crippen molar-refractivity contribution in [2.24, 2.45) is 0 Å². The van der Waals surface area contributed by atoms with Gasteiger partial charge in [-0.1, -0.05) is 39.3 Å². The number of fused-ring (bicyclic) bond motifs is 1. The normalized spacial score (nSPS) is 18.3. The second-order valence-corrected chi connectivity index (χ2v) is 9.50. The fraction of sp³-hybridized carbons (Fsp3) is 0.467. The molecule has 204 valence electrons. The lowest BCUT2D eigenvalue weighted by Gasteiger charge is -2.27. The predicted octanol–water partition coefficient (Wildman–Crippen LogP) is 4.79. The first kappa shape index (κ1) is 27.5. The molecule has 4 rings (SSSR count). The Morgan fingerprint density at radius 1 is 1.00 bits per heavy atom. The number of likely N-dealkylation sites (tertiary alicyclic amines) is 1. The van der Waals surface area contributed by atoms with Gasteiger partial charge in [-0.3, -0.25) is 9.59 Å². The largest absolute Gasteiger partial charge is 0.507 e. The van der Waals surface area contributed by atoms with Crippen LogP contribution in [0.15, 0.2) is 48.0 Å². The summed E-state index contributed by atoms with van der Waals surface area (Å²) in [4.78, 5) is 30.5. The molecular weight excluding hydrogens is 484 g/mol. The van der Waals surface area contributed by atoms with Gasteiger partial charge in [0.1, 0.15) is 24.7 Å². The highest BCUT2D eigenvalue weighted by molar-refractivity contribution is 6.46. The van der Waals surface area contributed by atoms with Crippen LogP contribution < -0.4 is 14.2 Å². The van der Waals surface area contributed by atoms with Crippen LogP contribution in [0.5, 0.6) is 17.2 Å². The number of unbranched alkanes of at least 4 members (excludes halogenated alkanes) is 1. The van der Waals surface area contributed by atoms with Crippen molar-refractivity contribution in [1.29, 1.82) is 0 Å². The average molecular weight is 523 g/mol. The first-order valence-corrected chi connectivity index (χ1v) is 13.6. The molecule has 0 unspecified atom stereocenters. The smallest absolute Gasteiger partial charge is 0.295 e. The van der Waals surface area contributed by atoms with Crippen molar-refractivity contribution < 1.29 is 28.9 Å². The van der Waals surface area contributed by atoms with Crippen LogP contribution in [-0.4, -0.2) is 72.6 Å². The Hall–Kier alpha value is -3.52. The van der Waals surface area contributed by atoms with Crippen molar-refractivity contribution in [2.75, 3.05) is 46.0 Å². The molecule has 1 fully saturated rings. The van der Waals surface area contributed by atoms with Crippen LogP contribution in [0.3, 0.4) is 0 Å². The van der Waals surface area contributed by atoms with E-state index in [-0.39, 0.29) is 11.3 Å². The highest BCUT2D eigenvalue weighted by Gasteiger charge is 2.45. The lowest BCUT2D eigenvalue weighted by atomic mass is 9.95. The van der Waals surface area contributed by atoms with E-state index >= 15 is 0 Å². The van der Waals surface area contributed by atoms with Crippen LogP contribution >= 0.6 is 0 Å². The summed E-state index contributed by atoms with van der Waals surface area (Å²) >= 11 is 0. The van der Waals surface area contributed by atoms with Crippen LogP contribution in [-0.2, 0) is 9.59 Å². The molecule has 1 amide bonds. The highest BCUT2D eigenvalue weighted by atomic mass is 16.6. The maximum absolute atomic E-state index is 13.4. The van der Waals surface area contributed by atoms with Gasteiger partial charge in [-0.25, -0.2) is 0 Å². The Kier molecular flexibility index (Phi) is 9.29. The first-order valence-electron chi connectivity index (χ1n) is 13.6. The molecule has 2 heterocycles. The van der Waals surface area contributed by atoms with Crippen LogP contribution in [0.25, 0.3) is 5.76 Å². The van der Waals surface area contributed by atoms with Gasteiger partial charge in [0.15, 0.2) is 11.5 Å². The first-order chi connectivity index (χ1) is 18.5. The molecule has 8 nitrogen and oxygen atoms in total. The molecule has 2 aliphatic rings. The van der Waals surface area contributed by atoms with E-state index in [0.29, 0.717) is 49.8 Å². The highest BCUT2D eigenvalue weighted by Crippen LogP contribution is 2.41. The minimum atomic E-state index is -0.704. The quantitative estimate of drug-likeness (QED) is 0.186. The number of rotatable bonds is 12. The molecular formula is C30H38N2O6. The SMILES string of the molecule is CCCCOc1ccc([C@@H]2C(=C(O)c3ccc4c(c3)OCCO4)C(=O)C(=O)N2CCCN(CC)CC)cc1. The third kappa shape index (κ3) is 5.96. The Morgan fingerprint density at radius 2 is 1.71 bits per heavy atom. The van der Waals surface area contributed by atoms with Gasteiger partial charge in [0.25, 0.3) is 11.7 Å². The maximum Gasteiger partial charge on any atom is 0.295 e. The molecule has 38 heavy (non-hydrogen) atoms. The number of nitrogens with zero attached hydrogens (tertiary/aromatic N) is 2. The lowest BCUT2D eigenvalue weighted by Crippen LogP contribution is -2.33. The molecule has 2 aromatic carbocycles. The van der Waals surface area contributed by atoms with E-state index < -0.39 is 17.7 Å². The van der Waals surface area contributed by atoms with Crippen molar-refractivity contribution in [2.45, 2.75) is 46.1 Å². The lowest BCUT2D eigenvalue weighted by molar-refractivity contribution is -0.140. The van der Waals surface area contributed by atoms with E-state index in [1.807, 2.05) is 24.3 Å². The third-order valence-corrected chi connectivity index (χ3v) is 7.09. The third-order valence-electron chi connectivity index (χ3n) is 7.09. The van der Waals surface area contributed by atoms with Crippen molar-refractivity contribution in [1.82, 2.24) is 9.80 Å². The number of amides is 1. The van der Waals surface area contributed by atoms with E-state index in [9.17, 15) is 14.7 Å². The topological polar surface area (TPSA) is 88.5 Å². The number of aliphatic hydroxyl groups is 1. The van der Waals surface area contributed by atoms with Gasteiger partial charge in [0, 0.05) is 12.1 Å². The number of benzene rings is 2. The summed E-state index contributed by atoms with van der Waals surface area (Å²) < 4.78 is 17.1. The Labute approximate surface area is 224 Å². The van der Waals surface area contributed by atoms with E-state index in [1.54, 1.807) is 23.1 Å². The minimum absolute atomic E-state index is 0.0779. The average Bonchev–Trinajstić information content (AvgIpc) is 3.20. The molecule has 0 aliphatic carbocycles. The zero-order chi connectivity index (χ0) is 27.1. The molecule has 0 spiro atoms. The number of ether oxygens (including phenoxy) is 3. The van der Waals surface area contributed by atoms with Gasteiger partial charge in [0.2, 0.25) is 0 Å². The molecule has 0 aromatic heterocycles. The Balaban J connectivity index is 1.69. The van der Waals surface area contributed by atoms with E-state index in [2.05, 4.69) is 25.7 Å². The number of aliphatic hydroxyl groups excluding tert-OH is 1. The van der Waals surface area contributed by atoms with E-state index in [1.165, 1.54) is 0 Å². The summed E-state index contributed by atoms with van der Waals surface area (Å²) in [5.74, 6) is 0.302. The Bertz CT molecular complexity index is 1160. The second kappa shape index (κ2) is 12.8. The summed E-state index contributed by atoms with van der Waals surface area (Å²) in [6.45, 7) is 10.9. The summed E-state index contributed by atoms with van der Waals surface area (Å²) in [5.41, 5.74) is 1.23. The maximum atomic E-state index is 13.4. The Morgan fingerprint density at radius 3 is 2.39 bits per heavy atom. The zero-order valence-corrected chi connectivity index (χ0v) is 22.6. The van der Waals surface area contributed by atoms with Crippen LogP contribution in [0.4, 0.5) is 0 Å². The predicted molar refractivity (Wildman–Crippen MR) is 146 cm³/mol. The number of carbonyl (C=O) groups excluding carboxylic acids is 2. The van der Waals surface area contributed by atoms with Crippen LogP contribution in [0, 0.1) is 0 Å². The van der Waals surface area contributed by atoms with E-state index in [4.69, 9.17) is 14.2 Å². The second-order valence-electron chi connectivity index (χ2n) is 9.50. The standard InChI is InChI=1S/C30H38N2O6/c1-4-7-17-36-23-12-9-21(10-13-23)27-26(28(33)22-11-14-24-25(20-22)38-19-18-37-24)29(34)30(35)32(27)16-8-15-31(5-2)6-3/h9-14,20,27,33H,4-8,15-19H2,1-3H3/t27-/m1/s1. The number of hydrogen-bond donors (Lipinski definition) is 1. The molecule has 1 atom stereocenters. The van der Waals surface area contributed by atoms with Crippen molar-refractivity contribution in [3.63, 3.8) is 0 Å². The number of Topliss-reactive ketones (excluding diaryl/α,β-unsaturated/α-hetero) is 1. The van der Waals surface area contributed by atoms with Crippen LogP contribution in [0.1, 0.15) is 57.2 Å². The van der Waals surface area contributed by atoms with Gasteiger partial charge < -0.3 is 29.1 Å². The summed E-state index contributed by atoms with van der Waals surface area (Å²) in [6.07, 6.45) is 2.72. The van der Waals surface area contributed by atoms with Gasteiger partial charge in [-0.05, 0) is 68.4 Å². The van der Waals surface area contributed by atoms with Gasteiger partial charge in [-0.15, -0.1) is 0 Å². The molecule has 1 N–H and O–H groups in total. The molecule has 1 saturated heterocycles. The van der Waals surface area contributed by atoms with Gasteiger partial charge >= 0.3 is 0 Å². The van der Waals surface area contributed by atoms with Gasteiger partial charge in [-0.2, -0.15) is 0 Å². The molecule has 0 saturated carbocycles. The number of carbonyl (C=O) groups is 2. The van der Waals surface area contributed by atoms with Crippen molar-refractivity contribution >= 4 is 17.4 Å². The van der Waals surface area contributed by atoms with Crippen molar-refractivity contribution in [3.05, 3.63) is 59.2 Å². The summed E-state index contributed by atoms with van der Waals surface area (Å²) in [7, 11) is 0. The molecule has 2 aliphatic heterocycles. The van der Waals surface area contributed by atoms with Crippen LogP contribution in [0.2, 0.25) is 0 Å². The monoisotopic (exact) mass is 522 g/mol. The summed E-state index contributed by atoms with van der Waals surface area (Å²) in [6, 6.07) is 11.8. The molecule has 0 bridgehead atoms.